The van der Waals surface area contributed by atoms with E-state index in [9.17, 15) is 14.7 Å². The van der Waals surface area contributed by atoms with Crippen molar-refractivity contribution in [2.24, 2.45) is 0 Å². The van der Waals surface area contributed by atoms with Crippen LogP contribution < -0.4 is 4.90 Å². The number of carboxylic acid groups (broad SMARTS) is 1. The summed E-state index contributed by atoms with van der Waals surface area (Å²) in [6.07, 6.45) is 1.28. The Morgan fingerprint density at radius 2 is 1.88 bits per heavy atom. The first-order valence-electron chi connectivity index (χ1n) is 8.80. The minimum absolute atomic E-state index is 0.108. The van der Waals surface area contributed by atoms with Gasteiger partial charge in [0.15, 0.2) is 0 Å². The molecule has 0 spiro atoms. The topological polar surface area (TPSA) is 90.3 Å². The van der Waals surface area contributed by atoms with Gasteiger partial charge in [0, 0.05) is 31.9 Å². The lowest BCUT2D eigenvalue weighted by Crippen LogP contribution is -2.47. The van der Waals surface area contributed by atoms with Gasteiger partial charge in [-0.2, -0.15) is 0 Å². The monoisotopic (exact) mass is 364 g/mol. The number of aliphatic hydroxyl groups excluding tert-OH is 1. The van der Waals surface area contributed by atoms with Gasteiger partial charge in [-0.05, 0) is 57.4 Å². The minimum atomic E-state index is -1.04. The Hall–Kier alpha value is -2.28. The largest absolute Gasteiger partial charge is 0.478 e. The zero-order valence-corrected chi connectivity index (χ0v) is 15.9. The van der Waals surface area contributed by atoms with E-state index in [1.54, 1.807) is 24.1 Å². The molecule has 1 aromatic rings. The number of ether oxygens (including phenoxy) is 1. The molecule has 0 radical (unpaired) electrons. The third-order valence-corrected chi connectivity index (χ3v) is 4.55. The number of aliphatic hydroxyl groups is 1. The molecular weight excluding hydrogens is 336 g/mol. The summed E-state index contributed by atoms with van der Waals surface area (Å²) in [7, 11) is 1.76. The van der Waals surface area contributed by atoms with Gasteiger partial charge in [-0.1, -0.05) is 0 Å². The van der Waals surface area contributed by atoms with E-state index in [4.69, 9.17) is 9.84 Å². The van der Waals surface area contributed by atoms with Gasteiger partial charge in [0.25, 0.3) is 0 Å². The van der Waals surface area contributed by atoms with Gasteiger partial charge in [-0.25, -0.2) is 9.59 Å². The molecule has 1 aliphatic rings. The molecule has 1 aliphatic heterocycles. The highest BCUT2D eigenvalue weighted by Gasteiger charge is 2.28. The van der Waals surface area contributed by atoms with Crippen LogP contribution in [0.25, 0.3) is 0 Å². The van der Waals surface area contributed by atoms with E-state index in [-0.39, 0.29) is 24.3 Å². The molecular formula is C19H28N2O5. The molecule has 1 amide bonds. The maximum atomic E-state index is 12.2. The van der Waals surface area contributed by atoms with E-state index in [2.05, 4.69) is 4.90 Å². The van der Waals surface area contributed by atoms with Crippen LogP contribution in [0.15, 0.2) is 18.2 Å². The van der Waals surface area contributed by atoms with Crippen molar-refractivity contribution in [1.82, 2.24) is 4.90 Å². The van der Waals surface area contributed by atoms with Gasteiger partial charge in [0.05, 0.1) is 12.2 Å². The second-order valence-corrected chi connectivity index (χ2v) is 7.61. The summed E-state index contributed by atoms with van der Waals surface area (Å²) in [5.74, 6) is -1.04. The second kappa shape index (κ2) is 7.95. The number of anilines is 1. The Morgan fingerprint density at radius 3 is 2.38 bits per heavy atom. The number of aromatic carboxylic acids is 1. The van der Waals surface area contributed by atoms with Gasteiger partial charge >= 0.3 is 12.1 Å². The fourth-order valence-electron chi connectivity index (χ4n) is 3.11. The van der Waals surface area contributed by atoms with Crippen molar-refractivity contribution in [3.05, 3.63) is 29.3 Å². The van der Waals surface area contributed by atoms with E-state index in [0.717, 1.165) is 31.6 Å². The Balaban J connectivity index is 2.00. The van der Waals surface area contributed by atoms with E-state index in [1.807, 2.05) is 20.8 Å². The first-order valence-corrected chi connectivity index (χ1v) is 8.80. The molecule has 1 fully saturated rings. The van der Waals surface area contributed by atoms with Gasteiger partial charge in [-0.15, -0.1) is 0 Å². The third kappa shape index (κ3) is 4.88. The summed E-state index contributed by atoms with van der Waals surface area (Å²) >= 11 is 0. The molecule has 0 bridgehead atoms. The molecule has 26 heavy (non-hydrogen) atoms. The Kier molecular flexibility index (Phi) is 6.13. The molecule has 0 unspecified atom stereocenters. The fourth-order valence-corrected chi connectivity index (χ4v) is 3.11. The number of amides is 1. The molecule has 2 N–H and O–H groups in total. The zero-order chi connectivity index (χ0) is 19.5. The zero-order valence-electron chi connectivity index (χ0n) is 15.9. The molecule has 0 atom stereocenters. The minimum Gasteiger partial charge on any atom is -0.478 e. The van der Waals surface area contributed by atoms with Crippen LogP contribution in [0.4, 0.5) is 10.5 Å². The van der Waals surface area contributed by atoms with Crippen molar-refractivity contribution in [2.75, 3.05) is 25.0 Å². The van der Waals surface area contributed by atoms with Crippen LogP contribution >= 0.6 is 0 Å². The highest BCUT2D eigenvalue weighted by Crippen LogP contribution is 2.25. The molecule has 0 saturated carbocycles. The second-order valence-electron chi connectivity index (χ2n) is 7.61. The number of nitrogens with zero attached hydrogens (tertiary/aromatic N) is 2. The van der Waals surface area contributed by atoms with Crippen LogP contribution in [-0.2, 0) is 11.3 Å². The Labute approximate surface area is 154 Å². The highest BCUT2D eigenvalue weighted by molar-refractivity contribution is 5.90. The van der Waals surface area contributed by atoms with E-state index >= 15 is 0 Å². The van der Waals surface area contributed by atoms with Crippen molar-refractivity contribution in [2.45, 2.75) is 51.9 Å². The number of benzene rings is 1. The summed E-state index contributed by atoms with van der Waals surface area (Å²) in [5.41, 5.74) is 0.898. The molecule has 0 aromatic heterocycles. The van der Waals surface area contributed by atoms with Crippen LogP contribution in [0.3, 0.4) is 0 Å². The normalized spacial score (nSPS) is 15.7. The molecule has 0 aliphatic carbocycles. The molecule has 1 aromatic carbocycles. The number of carbonyl (C=O) groups is 2. The van der Waals surface area contributed by atoms with Crippen molar-refractivity contribution < 1.29 is 24.5 Å². The predicted molar refractivity (Wildman–Crippen MR) is 98.6 cm³/mol. The Morgan fingerprint density at radius 1 is 1.27 bits per heavy atom. The third-order valence-electron chi connectivity index (χ3n) is 4.55. The summed E-state index contributed by atoms with van der Waals surface area (Å²) in [4.78, 5) is 27.2. The predicted octanol–water partition coefficient (Wildman–Crippen LogP) is 2.71. The molecule has 2 rings (SSSR count). The van der Waals surface area contributed by atoms with Crippen molar-refractivity contribution in [1.29, 1.82) is 0 Å². The summed E-state index contributed by atoms with van der Waals surface area (Å²) in [6.45, 7) is 6.72. The van der Waals surface area contributed by atoms with Gasteiger partial charge in [0.2, 0.25) is 0 Å². The number of carbonyl (C=O) groups excluding carboxylic acids is 1. The standard InChI is InChI=1S/C19H28N2O5/c1-19(2,3)26-18(25)20(4)14-7-9-21(10-8-14)15-5-6-16(17(23)24)13(11-15)12-22/h5-6,11,14,22H,7-10,12H2,1-4H3,(H,23,24). The summed E-state index contributed by atoms with van der Waals surface area (Å²) in [5, 5.41) is 18.6. The van der Waals surface area contributed by atoms with Gasteiger partial charge in [-0.3, -0.25) is 0 Å². The number of piperidine rings is 1. The number of rotatable bonds is 4. The van der Waals surface area contributed by atoms with E-state index in [0.29, 0.717) is 5.56 Å². The molecule has 7 heteroatoms. The Bertz CT molecular complexity index is 660. The molecule has 1 heterocycles. The number of hydrogen-bond acceptors (Lipinski definition) is 5. The lowest BCUT2D eigenvalue weighted by atomic mass is 10.0. The highest BCUT2D eigenvalue weighted by atomic mass is 16.6. The SMILES string of the molecule is CN(C(=O)OC(C)(C)C)C1CCN(c2ccc(C(=O)O)c(CO)c2)CC1. The lowest BCUT2D eigenvalue weighted by Gasteiger charge is -2.38. The quantitative estimate of drug-likeness (QED) is 0.854. The van der Waals surface area contributed by atoms with Gasteiger partial charge < -0.3 is 24.7 Å². The maximum Gasteiger partial charge on any atom is 0.410 e. The van der Waals surface area contributed by atoms with Crippen LogP contribution in [-0.4, -0.2) is 59.0 Å². The molecule has 144 valence electrons. The molecule has 1 saturated heterocycles. The molecule has 7 nitrogen and oxygen atoms in total. The van der Waals surface area contributed by atoms with Crippen molar-refractivity contribution >= 4 is 17.7 Å². The fraction of sp³-hybridized carbons (Fsp3) is 0.579. The van der Waals surface area contributed by atoms with E-state index in [1.165, 1.54) is 6.07 Å². The summed E-state index contributed by atoms with van der Waals surface area (Å²) in [6, 6.07) is 5.13. The van der Waals surface area contributed by atoms with Crippen LogP contribution in [0.1, 0.15) is 49.5 Å². The van der Waals surface area contributed by atoms with Crippen LogP contribution in [0.2, 0.25) is 0 Å². The first-order chi connectivity index (χ1) is 12.1. The smallest absolute Gasteiger partial charge is 0.410 e. The van der Waals surface area contributed by atoms with Crippen LogP contribution in [0.5, 0.6) is 0 Å². The number of hydrogen-bond donors (Lipinski definition) is 2. The van der Waals surface area contributed by atoms with Crippen LogP contribution in [0, 0.1) is 0 Å². The first kappa shape index (κ1) is 20.0. The number of carboxylic acids is 1. The maximum absolute atomic E-state index is 12.2. The average Bonchev–Trinajstić information content (AvgIpc) is 2.59. The lowest BCUT2D eigenvalue weighted by molar-refractivity contribution is 0.0200. The van der Waals surface area contributed by atoms with Gasteiger partial charge in [0.1, 0.15) is 5.60 Å². The van der Waals surface area contributed by atoms with Crippen molar-refractivity contribution in [3.8, 4) is 0 Å². The van der Waals surface area contributed by atoms with E-state index < -0.39 is 11.6 Å². The van der Waals surface area contributed by atoms with Crippen molar-refractivity contribution in [3.63, 3.8) is 0 Å². The average molecular weight is 364 g/mol. The summed E-state index contributed by atoms with van der Waals surface area (Å²) < 4.78 is 5.42.